The molecule has 6 heteroatoms. The molecular weight excluding hydrogens is 420 g/mol. The molecule has 0 saturated carbocycles. The Labute approximate surface area is 196 Å². The Morgan fingerprint density at radius 3 is 1.88 bits per heavy atom. The summed E-state index contributed by atoms with van der Waals surface area (Å²) in [7, 11) is 0. The minimum atomic E-state index is -0.416. The summed E-state index contributed by atoms with van der Waals surface area (Å²) in [6.45, 7) is 16.8. The summed E-state index contributed by atoms with van der Waals surface area (Å²) in [4.78, 5) is 23.6. The second kappa shape index (κ2) is 12.1. The zero-order valence-electron chi connectivity index (χ0n) is 20.2. The smallest absolute Gasteiger partial charge is 0.333 e. The van der Waals surface area contributed by atoms with Crippen molar-refractivity contribution in [2.75, 3.05) is 13.2 Å². The third kappa shape index (κ3) is 7.38. The SMILES string of the molecule is C=C(C)C(=O)OC(CC)COc1ccc2ccc(OCC(CC)OC(=O)C(=C)C)c(C)c2c1. The zero-order valence-corrected chi connectivity index (χ0v) is 20.2. The number of ether oxygens (including phenoxy) is 4. The largest absolute Gasteiger partial charge is 0.490 e. The number of esters is 2. The third-order valence-corrected chi connectivity index (χ3v) is 5.23. The molecule has 0 bridgehead atoms. The van der Waals surface area contributed by atoms with E-state index >= 15 is 0 Å². The van der Waals surface area contributed by atoms with E-state index in [-0.39, 0.29) is 25.4 Å². The predicted molar refractivity (Wildman–Crippen MR) is 130 cm³/mol. The van der Waals surface area contributed by atoms with Gasteiger partial charge in [-0.05, 0) is 68.1 Å². The average molecular weight is 455 g/mol. The van der Waals surface area contributed by atoms with Gasteiger partial charge in [0.1, 0.15) is 36.9 Å². The summed E-state index contributed by atoms with van der Waals surface area (Å²) >= 11 is 0. The quantitative estimate of drug-likeness (QED) is 0.303. The van der Waals surface area contributed by atoms with Gasteiger partial charge in [0.15, 0.2) is 0 Å². The Bertz CT molecular complexity index is 1020. The van der Waals surface area contributed by atoms with Crippen molar-refractivity contribution >= 4 is 22.7 Å². The van der Waals surface area contributed by atoms with Gasteiger partial charge in [-0.3, -0.25) is 0 Å². The normalized spacial score (nSPS) is 12.5. The van der Waals surface area contributed by atoms with Crippen LogP contribution < -0.4 is 9.47 Å². The summed E-state index contributed by atoms with van der Waals surface area (Å²) in [5, 5.41) is 2.04. The predicted octanol–water partition coefficient (Wildman–Crippen LogP) is 5.70. The van der Waals surface area contributed by atoms with Crippen LogP contribution in [0.1, 0.15) is 46.1 Å². The molecule has 33 heavy (non-hydrogen) atoms. The van der Waals surface area contributed by atoms with Gasteiger partial charge < -0.3 is 18.9 Å². The van der Waals surface area contributed by atoms with Gasteiger partial charge in [-0.1, -0.05) is 39.1 Å². The average Bonchev–Trinajstić information content (AvgIpc) is 2.79. The second-order valence-corrected chi connectivity index (χ2v) is 8.13. The number of carbonyl (C=O) groups is 2. The lowest BCUT2D eigenvalue weighted by Crippen LogP contribution is -2.25. The summed E-state index contributed by atoms with van der Waals surface area (Å²) in [6, 6.07) is 9.70. The number of hydrogen-bond donors (Lipinski definition) is 0. The maximum atomic E-state index is 11.8. The standard InChI is InChI=1S/C27H34O6/c1-8-21(32-26(28)17(3)4)15-30-23-12-10-20-11-13-25(19(7)24(20)14-23)31-16-22(9-2)33-27(29)18(5)6/h10-14,21-22H,3,5,8-9,15-16H2,1-2,4,6-7H3. The van der Waals surface area contributed by atoms with Crippen LogP contribution in [0.2, 0.25) is 0 Å². The Balaban J connectivity index is 2.11. The van der Waals surface area contributed by atoms with E-state index in [2.05, 4.69) is 13.2 Å². The molecule has 0 aromatic heterocycles. The maximum Gasteiger partial charge on any atom is 0.333 e. The van der Waals surface area contributed by atoms with Crippen molar-refractivity contribution in [3.63, 3.8) is 0 Å². The molecule has 6 nitrogen and oxygen atoms in total. The highest BCUT2D eigenvalue weighted by atomic mass is 16.6. The van der Waals surface area contributed by atoms with Crippen molar-refractivity contribution in [2.45, 2.75) is 59.7 Å². The van der Waals surface area contributed by atoms with Gasteiger partial charge in [0.25, 0.3) is 0 Å². The van der Waals surface area contributed by atoms with E-state index in [1.165, 1.54) is 0 Å². The van der Waals surface area contributed by atoms with Crippen molar-refractivity contribution in [2.24, 2.45) is 0 Å². The van der Waals surface area contributed by atoms with Crippen LogP contribution in [0.5, 0.6) is 11.5 Å². The third-order valence-electron chi connectivity index (χ3n) is 5.23. The first-order valence-electron chi connectivity index (χ1n) is 11.2. The molecule has 0 saturated heterocycles. The minimum absolute atomic E-state index is 0.253. The summed E-state index contributed by atoms with van der Waals surface area (Å²) in [6.07, 6.45) is 0.566. The van der Waals surface area contributed by atoms with Crippen LogP contribution in [-0.2, 0) is 19.1 Å². The van der Waals surface area contributed by atoms with Crippen LogP contribution in [0.3, 0.4) is 0 Å². The Kier molecular flexibility index (Phi) is 9.52. The highest BCUT2D eigenvalue weighted by Crippen LogP contribution is 2.30. The first kappa shape index (κ1) is 26.0. The van der Waals surface area contributed by atoms with Gasteiger partial charge in [-0.2, -0.15) is 0 Å². The highest BCUT2D eigenvalue weighted by molar-refractivity contribution is 5.89. The molecular formula is C27H34O6. The minimum Gasteiger partial charge on any atom is -0.490 e. The molecule has 0 aliphatic rings. The van der Waals surface area contributed by atoms with Crippen molar-refractivity contribution < 1.29 is 28.5 Å². The number of hydrogen-bond acceptors (Lipinski definition) is 6. The number of aryl methyl sites for hydroxylation is 1. The fourth-order valence-corrected chi connectivity index (χ4v) is 3.02. The van der Waals surface area contributed by atoms with Gasteiger partial charge in [-0.25, -0.2) is 9.59 Å². The number of carbonyl (C=O) groups excluding carboxylic acids is 2. The van der Waals surface area contributed by atoms with E-state index in [1.54, 1.807) is 13.8 Å². The van der Waals surface area contributed by atoms with Gasteiger partial charge in [0.2, 0.25) is 0 Å². The van der Waals surface area contributed by atoms with Gasteiger partial charge in [0.05, 0.1) is 0 Å². The van der Waals surface area contributed by atoms with Crippen LogP contribution in [0, 0.1) is 6.92 Å². The number of fused-ring (bicyclic) bond motifs is 1. The highest BCUT2D eigenvalue weighted by Gasteiger charge is 2.16. The Morgan fingerprint density at radius 2 is 1.36 bits per heavy atom. The summed E-state index contributed by atoms with van der Waals surface area (Å²) < 4.78 is 22.7. The van der Waals surface area contributed by atoms with Crippen molar-refractivity contribution in [3.8, 4) is 11.5 Å². The Hall–Kier alpha value is -3.28. The monoisotopic (exact) mass is 454 g/mol. The van der Waals surface area contributed by atoms with Crippen molar-refractivity contribution in [1.82, 2.24) is 0 Å². The number of benzene rings is 2. The molecule has 2 aromatic carbocycles. The van der Waals surface area contributed by atoms with Crippen LogP contribution in [-0.4, -0.2) is 37.4 Å². The summed E-state index contributed by atoms with van der Waals surface area (Å²) in [5.41, 5.74) is 1.68. The van der Waals surface area contributed by atoms with E-state index in [0.29, 0.717) is 35.5 Å². The van der Waals surface area contributed by atoms with Crippen LogP contribution in [0.15, 0.2) is 54.6 Å². The molecule has 2 atom stereocenters. The molecule has 2 rings (SSSR count). The molecule has 0 radical (unpaired) electrons. The molecule has 0 aliphatic heterocycles. The van der Waals surface area contributed by atoms with E-state index in [0.717, 1.165) is 16.3 Å². The molecule has 0 amide bonds. The first-order valence-corrected chi connectivity index (χ1v) is 11.2. The lowest BCUT2D eigenvalue weighted by atomic mass is 10.0. The lowest BCUT2D eigenvalue weighted by molar-refractivity contribution is -0.146. The van der Waals surface area contributed by atoms with Gasteiger partial charge in [0, 0.05) is 11.1 Å². The second-order valence-electron chi connectivity index (χ2n) is 8.13. The molecule has 0 spiro atoms. The molecule has 0 heterocycles. The lowest BCUT2D eigenvalue weighted by Gasteiger charge is -2.19. The van der Waals surface area contributed by atoms with E-state index in [1.807, 2.05) is 51.1 Å². The number of rotatable bonds is 12. The topological polar surface area (TPSA) is 71.1 Å². The van der Waals surface area contributed by atoms with Crippen LogP contribution in [0.4, 0.5) is 0 Å². The molecule has 0 N–H and O–H groups in total. The van der Waals surface area contributed by atoms with Crippen molar-refractivity contribution in [1.29, 1.82) is 0 Å². The van der Waals surface area contributed by atoms with E-state index in [9.17, 15) is 9.59 Å². The molecule has 0 aliphatic carbocycles. The Morgan fingerprint density at radius 1 is 0.848 bits per heavy atom. The van der Waals surface area contributed by atoms with Crippen LogP contribution in [0.25, 0.3) is 10.8 Å². The molecule has 2 unspecified atom stereocenters. The maximum absolute atomic E-state index is 11.8. The van der Waals surface area contributed by atoms with E-state index in [4.69, 9.17) is 18.9 Å². The zero-order chi connectivity index (χ0) is 24.5. The fourth-order valence-electron chi connectivity index (χ4n) is 3.02. The van der Waals surface area contributed by atoms with Gasteiger partial charge in [-0.15, -0.1) is 0 Å². The van der Waals surface area contributed by atoms with Crippen molar-refractivity contribution in [3.05, 3.63) is 60.2 Å². The molecule has 178 valence electrons. The first-order chi connectivity index (χ1) is 15.7. The van der Waals surface area contributed by atoms with Gasteiger partial charge >= 0.3 is 11.9 Å². The fraction of sp³-hybridized carbons (Fsp3) is 0.407. The molecule has 0 fully saturated rings. The summed E-state index contributed by atoms with van der Waals surface area (Å²) in [5.74, 6) is 0.559. The molecule has 2 aromatic rings. The van der Waals surface area contributed by atoms with Crippen LogP contribution >= 0.6 is 0 Å². The van der Waals surface area contributed by atoms with E-state index < -0.39 is 11.9 Å².